The van der Waals surface area contributed by atoms with Gasteiger partial charge in [-0.2, -0.15) is 0 Å². The van der Waals surface area contributed by atoms with E-state index in [2.05, 4.69) is 137 Å². The van der Waals surface area contributed by atoms with Gasteiger partial charge >= 0.3 is 0 Å². The number of aromatic hydroxyl groups is 4. The number of phenols is 4. The molecule has 0 saturated carbocycles. The average Bonchev–Trinajstić information content (AvgIpc) is 3.43. The largest absolute Gasteiger partial charge is 0.507 e. The Balaban J connectivity index is 1.16. The van der Waals surface area contributed by atoms with E-state index in [1.54, 1.807) is 24.9 Å². The van der Waals surface area contributed by atoms with Crippen LogP contribution in [0.5, 0.6) is 23.0 Å². The standard InChI is InChI=1S/C73H72N4O4/c1-46(2)59-20-12-16-51(67(59)78)42-74-55-32-24-47(25-33-55)60-40-62(49-28-36-57(37-29-49)76-44-53-18-14-22-65(69(53)80)72(6,7)8)63(50-30-38-58(39-31-50)77-45-54-19-15-23-66(70(54)81)73(9,10)11)41-61(60)48-26-34-56(35-27-48)75-43-52-17-13-21-64(68(52)79)71(3,4)5/h12-46,78-81H,1-11H3/b74-42+,75-43+,76-44+,77-45+. The van der Waals surface area contributed by atoms with E-state index in [4.69, 9.17) is 20.0 Å². The molecule has 0 radical (unpaired) electrons. The first-order chi connectivity index (χ1) is 38.5. The molecule has 0 bridgehead atoms. The molecule has 0 fully saturated rings. The van der Waals surface area contributed by atoms with Gasteiger partial charge in [0.2, 0.25) is 0 Å². The van der Waals surface area contributed by atoms with Crippen LogP contribution in [0.2, 0.25) is 0 Å². The Morgan fingerprint density at radius 1 is 0.309 bits per heavy atom. The summed E-state index contributed by atoms with van der Waals surface area (Å²) >= 11 is 0. The van der Waals surface area contributed by atoms with Gasteiger partial charge in [-0.25, -0.2) is 0 Å². The van der Waals surface area contributed by atoms with Crippen molar-refractivity contribution in [3.8, 4) is 67.5 Å². The van der Waals surface area contributed by atoms with Crippen LogP contribution in [0.25, 0.3) is 44.5 Å². The fourth-order valence-electron chi connectivity index (χ4n) is 10.0. The van der Waals surface area contributed by atoms with E-state index in [1.165, 1.54) is 0 Å². The molecule has 81 heavy (non-hydrogen) atoms. The first-order valence-electron chi connectivity index (χ1n) is 27.6. The maximum absolute atomic E-state index is 11.2. The fraction of sp³-hybridized carbons (Fsp3) is 0.205. The normalized spacial score (nSPS) is 12.5. The van der Waals surface area contributed by atoms with Gasteiger partial charge in [0.1, 0.15) is 23.0 Å². The lowest BCUT2D eigenvalue weighted by atomic mass is 9.85. The Morgan fingerprint density at radius 2 is 0.543 bits per heavy atom. The maximum atomic E-state index is 11.2. The van der Waals surface area contributed by atoms with Crippen LogP contribution in [0.15, 0.2) is 202 Å². The van der Waals surface area contributed by atoms with Gasteiger partial charge in [0.05, 0.1) is 22.7 Å². The molecule has 0 heterocycles. The lowest BCUT2D eigenvalue weighted by molar-refractivity contribution is 0.445. The lowest BCUT2D eigenvalue weighted by Crippen LogP contribution is -2.11. The predicted octanol–water partition coefficient (Wildman–Crippen LogP) is 19.2. The zero-order valence-electron chi connectivity index (χ0n) is 48.3. The summed E-state index contributed by atoms with van der Waals surface area (Å²) in [5, 5.41) is 44.7. The highest BCUT2D eigenvalue weighted by molar-refractivity contribution is 5.97. The topological polar surface area (TPSA) is 130 Å². The van der Waals surface area contributed by atoms with Gasteiger partial charge < -0.3 is 20.4 Å². The Kier molecular flexibility index (Phi) is 16.3. The minimum atomic E-state index is -0.234. The number of hydrogen-bond donors (Lipinski definition) is 4. The highest BCUT2D eigenvalue weighted by Gasteiger charge is 2.23. The van der Waals surface area contributed by atoms with Crippen molar-refractivity contribution in [2.75, 3.05) is 0 Å². The van der Waals surface area contributed by atoms with Gasteiger partial charge in [0.25, 0.3) is 0 Å². The number of aliphatic imine (C=N–C) groups is 4. The monoisotopic (exact) mass is 1070 g/mol. The Hall–Kier alpha value is -9.14. The molecule has 8 heteroatoms. The Morgan fingerprint density at radius 3 is 0.778 bits per heavy atom. The molecule has 408 valence electrons. The molecule has 0 amide bonds. The fourth-order valence-corrected chi connectivity index (χ4v) is 10.0. The van der Waals surface area contributed by atoms with Crippen LogP contribution < -0.4 is 0 Å². The van der Waals surface area contributed by atoms with Crippen molar-refractivity contribution in [3.63, 3.8) is 0 Å². The van der Waals surface area contributed by atoms with E-state index >= 15 is 0 Å². The van der Waals surface area contributed by atoms with E-state index in [-0.39, 0.29) is 45.2 Å². The highest BCUT2D eigenvalue weighted by Crippen LogP contribution is 2.44. The van der Waals surface area contributed by atoms with Crippen LogP contribution >= 0.6 is 0 Å². The lowest BCUT2D eigenvalue weighted by Gasteiger charge is -2.21. The molecule has 8 nitrogen and oxygen atoms in total. The van der Waals surface area contributed by atoms with Crippen LogP contribution in [-0.2, 0) is 16.2 Å². The number of benzene rings is 9. The summed E-state index contributed by atoms with van der Waals surface area (Å²) in [5.41, 5.74) is 16.1. The summed E-state index contributed by atoms with van der Waals surface area (Å²) < 4.78 is 0. The molecular formula is C73H72N4O4. The smallest absolute Gasteiger partial charge is 0.128 e. The zero-order valence-corrected chi connectivity index (χ0v) is 48.3. The van der Waals surface area contributed by atoms with Gasteiger partial charge in [-0.05, 0) is 174 Å². The van der Waals surface area contributed by atoms with Crippen LogP contribution in [0.1, 0.15) is 127 Å². The first kappa shape index (κ1) is 56.6. The van der Waals surface area contributed by atoms with E-state index < -0.39 is 0 Å². The van der Waals surface area contributed by atoms with Crippen LogP contribution in [-0.4, -0.2) is 45.3 Å². The van der Waals surface area contributed by atoms with Crippen LogP contribution in [0.4, 0.5) is 22.7 Å². The third-order valence-electron chi connectivity index (χ3n) is 14.6. The summed E-state index contributed by atoms with van der Waals surface area (Å²) in [5.74, 6) is 1.09. The Labute approximate surface area is 478 Å². The third-order valence-corrected chi connectivity index (χ3v) is 14.6. The average molecular weight is 1070 g/mol. The van der Waals surface area contributed by atoms with E-state index in [0.29, 0.717) is 22.3 Å². The molecule has 0 aliphatic rings. The summed E-state index contributed by atoms with van der Waals surface area (Å²) in [6, 6.07) is 60.2. The van der Waals surface area contributed by atoms with Crippen molar-refractivity contribution in [3.05, 3.63) is 226 Å². The number of rotatable bonds is 13. The molecule has 0 aliphatic carbocycles. The SMILES string of the molecule is CC(C)c1cccc(/C=N/c2ccc(-c3cc(-c4ccc(/N=C/c5cccc(C(C)(C)C)c5O)cc4)c(-c4ccc(/N=C/c5cccc(C(C)(C)C)c5O)cc4)cc3-c3ccc(/N=C/c4cccc(C(C)(C)C)c4O)cc3)cc2)c1O. The van der Waals surface area contributed by atoms with Gasteiger partial charge in [0.15, 0.2) is 0 Å². The van der Waals surface area contributed by atoms with Crippen LogP contribution in [0, 0.1) is 0 Å². The molecule has 4 N–H and O–H groups in total. The summed E-state index contributed by atoms with van der Waals surface area (Å²) in [6.45, 7) is 22.8. The Bertz CT molecular complexity index is 3850. The molecule has 0 aliphatic heterocycles. The summed E-state index contributed by atoms with van der Waals surface area (Å²) in [7, 11) is 0. The van der Waals surface area contributed by atoms with Crippen molar-refractivity contribution >= 4 is 47.6 Å². The number of para-hydroxylation sites is 4. The third kappa shape index (κ3) is 13.0. The molecular weight excluding hydrogens is 997 g/mol. The minimum Gasteiger partial charge on any atom is -0.507 e. The molecule has 0 aromatic heterocycles. The van der Waals surface area contributed by atoms with Gasteiger partial charge in [-0.15, -0.1) is 0 Å². The van der Waals surface area contributed by atoms with E-state index in [1.807, 2.05) is 121 Å². The number of nitrogens with zero attached hydrogens (tertiary/aromatic N) is 4. The highest BCUT2D eigenvalue weighted by atomic mass is 16.3. The van der Waals surface area contributed by atoms with Crippen molar-refractivity contribution in [1.29, 1.82) is 0 Å². The maximum Gasteiger partial charge on any atom is 0.128 e. The second kappa shape index (κ2) is 23.3. The molecule has 0 spiro atoms. The van der Waals surface area contributed by atoms with Gasteiger partial charge in [-0.3, -0.25) is 20.0 Å². The molecule has 9 aromatic rings. The van der Waals surface area contributed by atoms with Gasteiger partial charge in [0, 0.05) is 47.1 Å². The second-order valence-electron chi connectivity index (χ2n) is 24.1. The van der Waals surface area contributed by atoms with Crippen molar-refractivity contribution in [1.82, 2.24) is 0 Å². The molecule has 0 saturated heterocycles. The number of phenolic OH excluding ortho intramolecular Hbond substituents is 4. The second-order valence-corrected chi connectivity index (χ2v) is 24.1. The number of hydrogen-bond acceptors (Lipinski definition) is 8. The zero-order chi connectivity index (χ0) is 57.8. The quantitative estimate of drug-likeness (QED) is 0.0857. The summed E-state index contributed by atoms with van der Waals surface area (Å²) in [6.07, 6.45) is 6.86. The van der Waals surface area contributed by atoms with Crippen LogP contribution in [0.3, 0.4) is 0 Å². The predicted molar refractivity (Wildman–Crippen MR) is 340 cm³/mol. The molecule has 9 aromatic carbocycles. The van der Waals surface area contributed by atoms with Gasteiger partial charge in [-0.1, -0.05) is 173 Å². The molecule has 0 unspecified atom stereocenters. The minimum absolute atomic E-state index is 0.165. The van der Waals surface area contributed by atoms with Crippen molar-refractivity contribution in [2.45, 2.75) is 98.3 Å². The molecule has 9 rings (SSSR count). The van der Waals surface area contributed by atoms with Crippen molar-refractivity contribution < 1.29 is 20.4 Å². The van der Waals surface area contributed by atoms with E-state index in [0.717, 1.165) is 89.5 Å². The first-order valence-corrected chi connectivity index (χ1v) is 27.6. The van der Waals surface area contributed by atoms with E-state index in [9.17, 15) is 20.4 Å². The summed E-state index contributed by atoms with van der Waals surface area (Å²) in [4.78, 5) is 19.3. The van der Waals surface area contributed by atoms with Crippen molar-refractivity contribution in [2.24, 2.45) is 20.0 Å². The molecule has 0 atom stereocenters.